The first-order chi connectivity index (χ1) is 13.5. The summed E-state index contributed by atoms with van der Waals surface area (Å²) in [7, 11) is 0. The lowest BCUT2D eigenvalue weighted by Gasteiger charge is -2.31. The molecule has 8 heteroatoms. The van der Waals surface area contributed by atoms with Crippen LogP contribution in [0.1, 0.15) is 25.7 Å². The molecule has 1 aliphatic carbocycles. The first kappa shape index (κ1) is 20.4. The quantitative estimate of drug-likeness (QED) is 0.545. The Morgan fingerprint density at radius 3 is 1.29 bits per heavy atom. The van der Waals surface area contributed by atoms with Crippen molar-refractivity contribution in [3.8, 4) is 0 Å². The predicted octanol–water partition coefficient (Wildman–Crippen LogP) is 4.55. The van der Waals surface area contributed by atoms with Gasteiger partial charge < -0.3 is 21.3 Å². The molecule has 0 bridgehead atoms. The molecule has 0 saturated heterocycles. The zero-order chi connectivity index (χ0) is 19.9. The van der Waals surface area contributed by atoms with Gasteiger partial charge in [0.15, 0.2) is 10.2 Å². The minimum atomic E-state index is -0.276. The van der Waals surface area contributed by atoms with E-state index in [-0.39, 0.29) is 23.7 Å². The summed E-state index contributed by atoms with van der Waals surface area (Å²) in [5, 5.41) is 13.9. The van der Waals surface area contributed by atoms with Gasteiger partial charge in [-0.15, -0.1) is 0 Å². The Bertz CT molecular complexity index is 734. The van der Waals surface area contributed by atoms with Crippen LogP contribution in [-0.2, 0) is 0 Å². The molecule has 2 aromatic rings. The average molecular weight is 421 g/mol. The lowest BCUT2D eigenvalue weighted by Crippen LogP contribution is -2.45. The summed E-state index contributed by atoms with van der Waals surface area (Å²) in [4.78, 5) is 0. The molecule has 4 nitrogen and oxygen atoms in total. The van der Waals surface area contributed by atoms with E-state index in [4.69, 9.17) is 24.4 Å². The third kappa shape index (κ3) is 6.38. The van der Waals surface area contributed by atoms with E-state index in [1.165, 1.54) is 24.3 Å². The number of anilines is 2. The number of halogens is 2. The average Bonchev–Trinajstić information content (AvgIpc) is 2.67. The molecular formula is C20H22F2N4S2. The second-order valence-corrected chi connectivity index (χ2v) is 7.58. The second kappa shape index (κ2) is 9.75. The molecule has 0 spiro atoms. The Hall–Kier alpha value is -2.32. The topological polar surface area (TPSA) is 48.1 Å². The number of thiocarbonyl (C=S) groups is 2. The summed E-state index contributed by atoms with van der Waals surface area (Å²) in [6.45, 7) is 0. The number of hydrogen-bond acceptors (Lipinski definition) is 2. The standard InChI is InChI=1S/C20H22F2N4S2/c21-13-1-5-15(6-2-13)23-19(27)25-17-9-11-18(12-10-17)26-20(28)24-16-7-3-14(22)4-8-16/h1-8,17-18H,9-12H2,(H2,23,25,27)(H2,24,26,28). The van der Waals surface area contributed by atoms with Crippen molar-refractivity contribution in [1.29, 1.82) is 0 Å². The van der Waals surface area contributed by atoms with E-state index in [2.05, 4.69) is 21.3 Å². The molecule has 0 unspecified atom stereocenters. The third-order valence-electron chi connectivity index (χ3n) is 4.60. The van der Waals surface area contributed by atoms with Crippen LogP contribution in [-0.4, -0.2) is 22.3 Å². The molecule has 0 heterocycles. The van der Waals surface area contributed by atoms with Gasteiger partial charge in [0.1, 0.15) is 11.6 Å². The summed E-state index contributed by atoms with van der Waals surface area (Å²) < 4.78 is 25.9. The van der Waals surface area contributed by atoms with Crippen LogP contribution in [0.25, 0.3) is 0 Å². The van der Waals surface area contributed by atoms with Crippen molar-refractivity contribution in [3.05, 3.63) is 60.2 Å². The van der Waals surface area contributed by atoms with Crippen molar-refractivity contribution in [2.45, 2.75) is 37.8 Å². The highest BCUT2D eigenvalue weighted by Gasteiger charge is 2.22. The van der Waals surface area contributed by atoms with Gasteiger partial charge in [0.25, 0.3) is 0 Å². The Balaban J connectivity index is 1.37. The SMILES string of the molecule is Fc1ccc(NC(=S)NC2CCC(NC(=S)Nc3ccc(F)cc3)CC2)cc1. The van der Waals surface area contributed by atoms with Crippen molar-refractivity contribution in [3.63, 3.8) is 0 Å². The summed E-state index contributed by atoms with van der Waals surface area (Å²) in [5.74, 6) is -0.552. The highest BCUT2D eigenvalue weighted by atomic mass is 32.1. The third-order valence-corrected chi connectivity index (χ3v) is 5.04. The van der Waals surface area contributed by atoms with Crippen molar-refractivity contribution >= 4 is 46.0 Å². The van der Waals surface area contributed by atoms with E-state index in [0.717, 1.165) is 37.1 Å². The van der Waals surface area contributed by atoms with Crippen LogP contribution in [0.4, 0.5) is 20.2 Å². The number of nitrogens with one attached hydrogen (secondary N) is 4. The second-order valence-electron chi connectivity index (χ2n) is 6.76. The lowest BCUT2D eigenvalue weighted by atomic mass is 9.91. The maximum absolute atomic E-state index is 13.0. The molecular weight excluding hydrogens is 398 g/mol. The monoisotopic (exact) mass is 420 g/mol. The molecule has 0 aromatic heterocycles. The molecule has 148 valence electrons. The van der Waals surface area contributed by atoms with Gasteiger partial charge in [-0.2, -0.15) is 0 Å². The van der Waals surface area contributed by atoms with Gasteiger partial charge in [-0.3, -0.25) is 0 Å². The Kier molecular flexibility index (Phi) is 7.11. The van der Waals surface area contributed by atoms with Crippen LogP contribution < -0.4 is 21.3 Å². The van der Waals surface area contributed by atoms with Crippen molar-refractivity contribution in [1.82, 2.24) is 10.6 Å². The first-order valence-corrected chi connectivity index (χ1v) is 9.96. The van der Waals surface area contributed by atoms with Crippen LogP contribution in [0.5, 0.6) is 0 Å². The number of rotatable bonds is 4. The molecule has 28 heavy (non-hydrogen) atoms. The van der Waals surface area contributed by atoms with Gasteiger partial charge in [-0.05, 0) is 98.6 Å². The van der Waals surface area contributed by atoms with E-state index < -0.39 is 0 Å². The molecule has 2 aromatic carbocycles. The fourth-order valence-electron chi connectivity index (χ4n) is 3.15. The van der Waals surface area contributed by atoms with Gasteiger partial charge in [0.05, 0.1) is 0 Å². The lowest BCUT2D eigenvalue weighted by molar-refractivity contribution is 0.356. The highest BCUT2D eigenvalue weighted by Crippen LogP contribution is 2.19. The van der Waals surface area contributed by atoms with Crippen molar-refractivity contribution in [2.75, 3.05) is 10.6 Å². The summed E-state index contributed by atoms with van der Waals surface area (Å²) in [6, 6.07) is 12.8. The molecule has 1 aliphatic rings. The van der Waals surface area contributed by atoms with Crippen LogP contribution in [0.2, 0.25) is 0 Å². The Morgan fingerprint density at radius 1 is 0.643 bits per heavy atom. The maximum Gasteiger partial charge on any atom is 0.170 e. The van der Waals surface area contributed by atoms with E-state index in [1.54, 1.807) is 24.3 Å². The zero-order valence-electron chi connectivity index (χ0n) is 15.2. The van der Waals surface area contributed by atoms with Gasteiger partial charge >= 0.3 is 0 Å². The largest absolute Gasteiger partial charge is 0.360 e. The maximum atomic E-state index is 13.0. The molecule has 0 aliphatic heterocycles. The Morgan fingerprint density at radius 2 is 0.964 bits per heavy atom. The molecule has 0 radical (unpaired) electrons. The fourth-order valence-corrected chi connectivity index (χ4v) is 3.72. The molecule has 0 amide bonds. The first-order valence-electron chi connectivity index (χ1n) is 9.14. The van der Waals surface area contributed by atoms with Gasteiger partial charge in [-0.25, -0.2) is 8.78 Å². The molecule has 0 atom stereocenters. The van der Waals surface area contributed by atoms with Crippen molar-refractivity contribution in [2.24, 2.45) is 0 Å². The molecule has 3 rings (SSSR count). The molecule has 1 saturated carbocycles. The predicted molar refractivity (Wildman–Crippen MR) is 118 cm³/mol. The van der Waals surface area contributed by atoms with E-state index in [9.17, 15) is 8.78 Å². The Labute approximate surface area is 174 Å². The van der Waals surface area contributed by atoms with Gasteiger partial charge in [0.2, 0.25) is 0 Å². The normalized spacial score (nSPS) is 18.8. The van der Waals surface area contributed by atoms with Crippen LogP contribution in [0, 0.1) is 11.6 Å². The minimum absolute atomic E-state index is 0.276. The van der Waals surface area contributed by atoms with Gasteiger partial charge in [-0.1, -0.05) is 0 Å². The molecule has 4 N–H and O–H groups in total. The smallest absolute Gasteiger partial charge is 0.170 e. The van der Waals surface area contributed by atoms with Crippen LogP contribution in [0.15, 0.2) is 48.5 Å². The number of hydrogen-bond donors (Lipinski definition) is 4. The number of benzene rings is 2. The van der Waals surface area contributed by atoms with Crippen LogP contribution >= 0.6 is 24.4 Å². The summed E-state index contributed by atoms with van der Waals surface area (Å²) in [6.07, 6.45) is 3.84. The van der Waals surface area contributed by atoms with E-state index in [1.807, 2.05) is 0 Å². The minimum Gasteiger partial charge on any atom is -0.360 e. The van der Waals surface area contributed by atoms with Gasteiger partial charge in [0, 0.05) is 23.5 Å². The highest BCUT2D eigenvalue weighted by molar-refractivity contribution is 7.80. The molecule has 1 fully saturated rings. The van der Waals surface area contributed by atoms with Crippen LogP contribution in [0.3, 0.4) is 0 Å². The van der Waals surface area contributed by atoms with Crippen molar-refractivity contribution < 1.29 is 8.78 Å². The zero-order valence-corrected chi connectivity index (χ0v) is 16.8. The summed E-state index contributed by atoms with van der Waals surface area (Å²) >= 11 is 10.7. The van der Waals surface area contributed by atoms with E-state index in [0.29, 0.717) is 10.2 Å². The summed E-state index contributed by atoms with van der Waals surface area (Å²) in [5.41, 5.74) is 1.51. The fraction of sp³-hybridized carbons (Fsp3) is 0.300. The van der Waals surface area contributed by atoms with E-state index >= 15 is 0 Å².